The number of hydrogen-bond donors (Lipinski definition) is 0. The zero-order chi connectivity index (χ0) is 14.5. The third-order valence-electron chi connectivity index (χ3n) is 3.63. The smallest absolute Gasteiger partial charge is 0.164 e. The second kappa shape index (κ2) is 7.11. The Morgan fingerprint density at radius 1 is 1.20 bits per heavy atom. The van der Waals surface area contributed by atoms with E-state index >= 15 is 0 Å². The van der Waals surface area contributed by atoms with E-state index in [-0.39, 0.29) is 5.78 Å². The maximum Gasteiger partial charge on any atom is 0.164 e. The number of ether oxygens (including phenoxy) is 2. The first-order valence-corrected chi connectivity index (χ1v) is 8.07. The normalized spacial score (nSPS) is 14.8. The molecule has 2 rings (SSSR count). The van der Waals surface area contributed by atoms with Crippen molar-refractivity contribution >= 4 is 21.7 Å². The second-order valence-electron chi connectivity index (χ2n) is 5.07. The van der Waals surface area contributed by atoms with Crippen molar-refractivity contribution in [2.24, 2.45) is 5.92 Å². The van der Waals surface area contributed by atoms with Crippen LogP contribution < -0.4 is 9.47 Å². The lowest BCUT2D eigenvalue weighted by Crippen LogP contribution is -2.16. The molecule has 1 fully saturated rings. The summed E-state index contributed by atoms with van der Waals surface area (Å²) in [6.07, 6.45) is 4.25. The molecular weight excluding hydrogens is 320 g/mol. The van der Waals surface area contributed by atoms with E-state index in [1.165, 1.54) is 19.3 Å². The van der Waals surface area contributed by atoms with Gasteiger partial charge in [0.2, 0.25) is 0 Å². The summed E-state index contributed by atoms with van der Waals surface area (Å²) in [6.45, 7) is 4.98. The highest BCUT2D eigenvalue weighted by atomic mass is 79.9. The van der Waals surface area contributed by atoms with Crippen LogP contribution in [0.25, 0.3) is 0 Å². The largest absolute Gasteiger partial charge is 0.490 e. The fourth-order valence-electron chi connectivity index (χ4n) is 2.35. The van der Waals surface area contributed by atoms with E-state index in [2.05, 4.69) is 15.9 Å². The number of ketones is 1. The third-order valence-corrected chi connectivity index (χ3v) is 4.29. The van der Waals surface area contributed by atoms with Gasteiger partial charge in [0.25, 0.3) is 0 Å². The lowest BCUT2D eigenvalue weighted by molar-refractivity contribution is 0.0935. The Hall–Kier alpha value is -1.03. The summed E-state index contributed by atoms with van der Waals surface area (Å²) < 4.78 is 11.9. The maximum absolute atomic E-state index is 12.4. The summed E-state index contributed by atoms with van der Waals surface area (Å²) in [5.74, 6) is 2.08. The highest BCUT2D eigenvalue weighted by Crippen LogP contribution is 2.36. The van der Waals surface area contributed by atoms with Gasteiger partial charge in [-0.25, -0.2) is 0 Å². The number of carbonyl (C=O) groups is 1. The SMILES string of the molecule is CCOc1cc(Br)c(C(=O)CC2CCC2)cc1OCC. The van der Waals surface area contributed by atoms with Gasteiger partial charge < -0.3 is 9.47 Å². The summed E-state index contributed by atoms with van der Waals surface area (Å²) in [5.41, 5.74) is 0.698. The van der Waals surface area contributed by atoms with Crippen LogP contribution in [0.5, 0.6) is 11.5 Å². The van der Waals surface area contributed by atoms with Crippen LogP contribution in [0.4, 0.5) is 0 Å². The monoisotopic (exact) mass is 340 g/mol. The second-order valence-corrected chi connectivity index (χ2v) is 5.92. The molecule has 0 bridgehead atoms. The molecule has 4 heteroatoms. The minimum absolute atomic E-state index is 0.186. The van der Waals surface area contributed by atoms with Crippen molar-refractivity contribution in [1.29, 1.82) is 0 Å². The van der Waals surface area contributed by atoms with Crippen molar-refractivity contribution < 1.29 is 14.3 Å². The van der Waals surface area contributed by atoms with Crippen LogP contribution >= 0.6 is 15.9 Å². The van der Waals surface area contributed by atoms with Crippen LogP contribution in [-0.4, -0.2) is 19.0 Å². The number of benzene rings is 1. The fraction of sp³-hybridized carbons (Fsp3) is 0.562. The molecule has 110 valence electrons. The quantitative estimate of drug-likeness (QED) is 0.679. The van der Waals surface area contributed by atoms with Crippen molar-refractivity contribution in [3.63, 3.8) is 0 Å². The van der Waals surface area contributed by atoms with Crippen molar-refractivity contribution in [1.82, 2.24) is 0 Å². The van der Waals surface area contributed by atoms with Crippen LogP contribution in [0, 0.1) is 5.92 Å². The van der Waals surface area contributed by atoms with Crippen LogP contribution in [-0.2, 0) is 0 Å². The molecule has 1 aliphatic carbocycles. The highest BCUT2D eigenvalue weighted by Gasteiger charge is 2.23. The Morgan fingerprint density at radius 3 is 2.30 bits per heavy atom. The zero-order valence-electron chi connectivity index (χ0n) is 12.1. The molecule has 3 nitrogen and oxygen atoms in total. The van der Waals surface area contributed by atoms with Crippen molar-refractivity contribution in [2.45, 2.75) is 39.5 Å². The van der Waals surface area contributed by atoms with Gasteiger partial charge in [0, 0.05) is 16.5 Å². The van der Waals surface area contributed by atoms with E-state index in [0.717, 1.165) is 4.47 Å². The zero-order valence-corrected chi connectivity index (χ0v) is 13.7. The van der Waals surface area contributed by atoms with Crippen molar-refractivity contribution in [3.8, 4) is 11.5 Å². The molecule has 1 aromatic carbocycles. The third kappa shape index (κ3) is 3.54. The molecule has 1 aromatic rings. The molecule has 0 amide bonds. The molecule has 0 spiro atoms. The van der Waals surface area contributed by atoms with E-state index in [1.54, 1.807) is 6.07 Å². The summed E-state index contributed by atoms with van der Waals surface area (Å²) >= 11 is 3.48. The van der Waals surface area contributed by atoms with Gasteiger partial charge >= 0.3 is 0 Å². The number of Topliss-reactive ketones (excluding diaryl/α,β-unsaturated/α-hetero) is 1. The van der Waals surface area contributed by atoms with Gasteiger partial charge in [-0.3, -0.25) is 4.79 Å². The van der Waals surface area contributed by atoms with Gasteiger partial charge in [0.1, 0.15) is 0 Å². The van der Waals surface area contributed by atoms with Crippen molar-refractivity contribution in [3.05, 3.63) is 22.2 Å². The topological polar surface area (TPSA) is 35.5 Å². The molecule has 0 unspecified atom stereocenters. The molecule has 20 heavy (non-hydrogen) atoms. The molecule has 0 aromatic heterocycles. The molecule has 0 heterocycles. The molecule has 1 saturated carbocycles. The average Bonchev–Trinajstić information content (AvgIpc) is 2.37. The van der Waals surface area contributed by atoms with Crippen LogP contribution in [0.1, 0.15) is 49.9 Å². The molecule has 0 N–H and O–H groups in total. The first kappa shape index (κ1) is 15.4. The predicted molar refractivity (Wildman–Crippen MR) is 82.8 cm³/mol. The standard InChI is InChI=1S/C16H21BrO3/c1-3-19-15-9-12(13(17)10-16(15)20-4-2)14(18)8-11-6-5-7-11/h9-11H,3-8H2,1-2H3. The highest BCUT2D eigenvalue weighted by molar-refractivity contribution is 9.10. The van der Waals surface area contributed by atoms with Gasteiger partial charge in [-0.15, -0.1) is 0 Å². The summed E-state index contributed by atoms with van der Waals surface area (Å²) in [7, 11) is 0. The average molecular weight is 341 g/mol. The van der Waals surface area contributed by atoms with E-state index in [0.29, 0.717) is 42.6 Å². The Morgan fingerprint density at radius 2 is 1.80 bits per heavy atom. The molecular formula is C16H21BrO3. The molecule has 0 aliphatic heterocycles. The fourth-order valence-corrected chi connectivity index (χ4v) is 2.90. The Kier molecular flexibility index (Phi) is 5.46. The summed E-state index contributed by atoms with van der Waals surface area (Å²) in [6, 6.07) is 3.64. The van der Waals surface area contributed by atoms with E-state index in [1.807, 2.05) is 19.9 Å². The Bertz CT molecular complexity index is 481. The lowest BCUT2D eigenvalue weighted by Gasteiger charge is -2.24. The lowest BCUT2D eigenvalue weighted by atomic mass is 9.81. The molecule has 0 saturated heterocycles. The Labute approximate surface area is 128 Å². The molecule has 0 atom stereocenters. The minimum atomic E-state index is 0.186. The van der Waals surface area contributed by atoms with E-state index < -0.39 is 0 Å². The summed E-state index contributed by atoms with van der Waals surface area (Å²) in [5, 5.41) is 0. The number of rotatable bonds is 7. The minimum Gasteiger partial charge on any atom is -0.490 e. The van der Waals surface area contributed by atoms with Crippen LogP contribution in [0.3, 0.4) is 0 Å². The van der Waals surface area contributed by atoms with Gasteiger partial charge in [-0.1, -0.05) is 19.3 Å². The molecule has 0 radical (unpaired) electrons. The summed E-state index contributed by atoms with van der Waals surface area (Å²) in [4.78, 5) is 12.4. The predicted octanol–water partition coefficient (Wildman–Crippen LogP) is 4.62. The van der Waals surface area contributed by atoms with Gasteiger partial charge in [-0.2, -0.15) is 0 Å². The van der Waals surface area contributed by atoms with Crippen molar-refractivity contribution in [2.75, 3.05) is 13.2 Å². The first-order valence-electron chi connectivity index (χ1n) is 7.28. The Balaban J connectivity index is 2.22. The molecule has 1 aliphatic rings. The van der Waals surface area contributed by atoms with Gasteiger partial charge in [-0.05, 0) is 47.8 Å². The number of halogens is 1. The van der Waals surface area contributed by atoms with Gasteiger partial charge in [0.15, 0.2) is 17.3 Å². The van der Waals surface area contributed by atoms with Crippen LogP contribution in [0.15, 0.2) is 16.6 Å². The maximum atomic E-state index is 12.4. The van der Waals surface area contributed by atoms with Gasteiger partial charge in [0.05, 0.1) is 13.2 Å². The first-order chi connectivity index (χ1) is 9.65. The van der Waals surface area contributed by atoms with E-state index in [9.17, 15) is 4.79 Å². The number of hydrogen-bond acceptors (Lipinski definition) is 3. The number of carbonyl (C=O) groups excluding carboxylic acids is 1. The van der Waals surface area contributed by atoms with E-state index in [4.69, 9.17) is 9.47 Å². The van der Waals surface area contributed by atoms with Crippen LogP contribution in [0.2, 0.25) is 0 Å².